The van der Waals surface area contributed by atoms with E-state index in [2.05, 4.69) is 10.6 Å². The summed E-state index contributed by atoms with van der Waals surface area (Å²) < 4.78 is 5.35. The number of quaternary nitrogens is 1. The van der Waals surface area contributed by atoms with E-state index in [0.29, 0.717) is 5.11 Å². The molecular formula is C15H23ClN3OS+. The summed E-state index contributed by atoms with van der Waals surface area (Å²) in [6.07, 6.45) is 1.11. The summed E-state index contributed by atoms with van der Waals surface area (Å²) >= 11 is 11.3. The molecule has 0 atom stereocenters. The van der Waals surface area contributed by atoms with Gasteiger partial charge in [-0.1, -0.05) is 11.6 Å². The number of anilines is 1. The van der Waals surface area contributed by atoms with E-state index in [1.54, 1.807) is 4.90 Å². The zero-order chi connectivity index (χ0) is 15.1. The number of benzene rings is 1. The van der Waals surface area contributed by atoms with E-state index < -0.39 is 0 Å². The zero-order valence-electron chi connectivity index (χ0n) is 12.4. The van der Waals surface area contributed by atoms with Crippen molar-refractivity contribution in [2.75, 3.05) is 44.7 Å². The molecule has 21 heavy (non-hydrogen) atoms. The van der Waals surface area contributed by atoms with Crippen LogP contribution in [0.1, 0.15) is 12.0 Å². The normalized spacial score (nSPS) is 15.7. The van der Waals surface area contributed by atoms with E-state index >= 15 is 0 Å². The van der Waals surface area contributed by atoms with Crippen molar-refractivity contribution in [3.8, 4) is 0 Å². The zero-order valence-corrected chi connectivity index (χ0v) is 13.9. The SMILES string of the molecule is Cc1cc(Cl)ccc1NC(=S)NCCC[NH+]1CCOCC1. The third-order valence-corrected chi connectivity index (χ3v) is 4.11. The Kier molecular flexibility index (Phi) is 6.70. The second-order valence-corrected chi connectivity index (χ2v) is 6.15. The van der Waals surface area contributed by atoms with Crippen LogP contribution in [0.4, 0.5) is 5.69 Å². The number of halogens is 1. The molecule has 3 N–H and O–H groups in total. The van der Waals surface area contributed by atoms with Gasteiger partial charge >= 0.3 is 0 Å². The molecular weight excluding hydrogens is 306 g/mol. The quantitative estimate of drug-likeness (QED) is 0.561. The van der Waals surface area contributed by atoms with Gasteiger partial charge in [0, 0.05) is 23.7 Å². The van der Waals surface area contributed by atoms with Gasteiger partial charge in [0.1, 0.15) is 13.1 Å². The van der Waals surface area contributed by atoms with Crippen molar-refractivity contribution in [2.24, 2.45) is 0 Å². The summed E-state index contributed by atoms with van der Waals surface area (Å²) in [5, 5.41) is 7.87. The van der Waals surface area contributed by atoms with Crippen LogP contribution in [0.3, 0.4) is 0 Å². The van der Waals surface area contributed by atoms with Crippen LogP contribution in [0.15, 0.2) is 18.2 Å². The average molecular weight is 329 g/mol. The van der Waals surface area contributed by atoms with Gasteiger partial charge in [-0.25, -0.2) is 0 Å². The van der Waals surface area contributed by atoms with Crippen molar-refractivity contribution in [1.29, 1.82) is 0 Å². The molecule has 116 valence electrons. The first-order valence-electron chi connectivity index (χ1n) is 7.37. The number of hydrogen-bond acceptors (Lipinski definition) is 2. The Labute approximate surface area is 136 Å². The highest BCUT2D eigenvalue weighted by Crippen LogP contribution is 2.19. The molecule has 0 aliphatic carbocycles. The first kappa shape index (κ1) is 16.5. The molecule has 0 aromatic heterocycles. The number of hydrogen-bond donors (Lipinski definition) is 3. The summed E-state index contributed by atoms with van der Waals surface area (Å²) in [6.45, 7) is 8.08. The Morgan fingerprint density at radius 3 is 2.86 bits per heavy atom. The van der Waals surface area contributed by atoms with Crippen LogP contribution in [0.5, 0.6) is 0 Å². The van der Waals surface area contributed by atoms with Gasteiger partial charge in [-0.05, 0) is 42.9 Å². The molecule has 0 saturated carbocycles. The number of morpholine rings is 1. The topological polar surface area (TPSA) is 37.7 Å². The Hall–Kier alpha value is -0.880. The number of nitrogens with one attached hydrogen (secondary N) is 3. The molecule has 6 heteroatoms. The van der Waals surface area contributed by atoms with Crippen LogP contribution in [-0.4, -0.2) is 44.5 Å². The largest absolute Gasteiger partial charge is 0.370 e. The number of rotatable bonds is 5. The fourth-order valence-electron chi connectivity index (χ4n) is 2.38. The summed E-state index contributed by atoms with van der Waals surface area (Å²) in [6, 6.07) is 5.74. The van der Waals surface area contributed by atoms with E-state index in [1.807, 2.05) is 25.1 Å². The van der Waals surface area contributed by atoms with Crippen molar-refractivity contribution >= 4 is 34.6 Å². The Morgan fingerprint density at radius 1 is 1.38 bits per heavy atom. The third-order valence-electron chi connectivity index (χ3n) is 3.63. The highest BCUT2D eigenvalue weighted by molar-refractivity contribution is 7.80. The van der Waals surface area contributed by atoms with Gasteiger partial charge in [0.25, 0.3) is 0 Å². The third kappa shape index (κ3) is 5.79. The Bertz CT molecular complexity index is 478. The molecule has 0 bridgehead atoms. The molecule has 1 heterocycles. The lowest BCUT2D eigenvalue weighted by atomic mass is 10.2. The van der Waals surface area contributed by atoms with Crippen molar-refractivity contribution < 1.29 is 9.64 Å². The second kappa shape index (κ2) is 8.54. The van der Waals surface area contributed by atoms with Crippen molar-refractivity contribution in [2.45, 2.75) is 13.3 Å². The van der Waals surface area contributed by atoms with Gasteiger partial charge in [-0.15, -0.1) is 0 Å². The molecule has 1 aromatic rings. The minimum atomic E-state index is 0.664. The van der Waals surface area contributed by atoms with Crippen molar-refractivity contribution in [1.82, 2.24) is 5.32 Å². The maximum atomic E-state index is 5.94. The molecule has 1 aliphatic heterocycles. The Morgan fingerprint density at radius 2 is 2.14 bits per heavy atom. The Balaban J connectivity index is 1.65. The van der Waals surface area contributed by atoms with E-state index in [4.69, 9.17) is 28.6 Å². The molecule has 0 amide bonds. The number of ether oxygens (including phenoxy) is 1. The van der Waals surface area contributed by atoms with E-state index in [-0.39, 0.29) is 0 Å². The van der Waals surface area contributed by atoms with Crippen molar-refractivity contribution in [3.63, 3.8) is 0 Å². The molecule has 4 nitrogen and oxygen atoms in total. The van der Waals surface area contributed by atoms with Crippen LogP contribution in [0.25, 0.3) is 0 Å². The molecule has 1 aromatic carbocycles. The van der Waals surface area contributed by atoms with Gasteiger partial charge in [0.2, 0.25) is 0 Å². The highest BCUT2D eigenvalue weighted by Gasteiger charge is 2.12. The molecule has 2 rings (SSSR count). The average Bonchev–Trinajstić information content (AvgIpc) is 2.48. The molecule has 1 aliphatic rings. The minimum absolute atomic E-state index is 0.664. The fourth-order valence-corrected chi connectivity index (χ4v) is 2.82. The molecule has 1 saturated heterocycles. The lowest BCUT2D eigenvalue weighted by molar-refractivity contribution is -0.908. The van der Waals surface area contributed by atoms with E-state index in [1.165, 1.54) is 6.54 Å². The monoisotopic (exact) mass is 328 g/mol. The van der Waals surface area contributed by atoms with Crippen LogP contribution in [0, 0.1) is 6.92 Å². The maximum Gasteiger partial charge on any atom is 0.170 e. The predicted molar refractivity (Wildman–Crippen MR) is 91.4 cm³/mol. The molecule has 1 fully saturated rings. The minimum Gasteiger partial charge on any atom is -0.370 e. The summed E-state index contributed by atoms with van der Waals surface area (Å²) in [7, 11) is 0. The maximum absolute atomic E-state index is 5.94. The fraction of sp³-hybridized carbons (Fsp3) is 0.533. The van der Waals surface area contributed by atoms with Crippen LogP contribution < -0.4 is 15.5 Å². The summed E-state index contributed by atoms with van der Waals surface area (Å²) in [5.74, 6) is 0. The molecule has 0 spiro atoms. The second-order valence-electron chi connectivity index (χ2n) is 5.31. The van der Waals surface area contributed by atoms with Gasteiger partial charge in [0.05, 0.1) is 19.8 Å². The summed E-state index contributed by atoms with van der Waals surface area (Å²) in [5.41, 5.74) is 2.08. The predicted octanol–water partition coefficient (Wildman–Crippen LogP) is 1.24. The highest BCUT2D eigenvalue weighted by atomic mass is 35.5. The van der Waals surface area contributed by atoms with Gasteiger partial charge < -0.3 is 20.3 Å². The number of thiocarbonyl (C=S) groups is 1. The molecule has 0 radical (unpaired) electrons. The van der Waals surface area contributed by atoms with Crippen LogP contribution >= 0.6 is 23.8 Å². The standard InChI is InChI=1S/C15H22ClN3OS/c1-12-11-13(16)3-4-14(12)18-15(21)17-5-2-6-19-7-9-20-10-8-19/h3-4,11H,2,5-10H2,1H3,(H2,17,18,21)/p+1. The van der Waals surface area contributed by atoms with Crippen LogP contribution in [0.2, 0.25) is 5.02 Å². The smallest absolute Gasteiger partial charge is 0.170 e. The first-order chi connectivity index (χ1) is 10.1. The van der Waals surface area contributed by atoms with Crippen LogP contribution in [-0.2, 0) is 4.74 Å². The van der Waals surface area contributed by atoms with Crippen molar-refractivity contribution in [3.05, 3.63) is 28.8 Å². The molecule has 0 unspecified atom stereocenters. The lowest BCUT2D eigenvalue weighted by Crippen LogP contribution is -3.14. The summed E-state index contributed by atoms with van der Waals surface area (Å²) in [4.78, 5) is 1.62. The van der Waals surface area contributed by atoms with Gasteiger partial charge in [-0.3, -0.25) is 0 Å². The number of aryl methyl sites for hydroxylation is 1. The van der Waals surface area contributed by atoms with Gasteiger partial charge in [-0.2, -0.15) is 0 Å². The van der Waals surface area contributed by atoms with E-state index in [9.17, 15) is 0 Å². The first-order valence-corrected chi connectivity index (χ1v) is 8.16. The van der Waals surface area contributed by atoms with E-state index in [0.717, 1.165) is 55.5 Å². The van der Waals surface area contributed by atoms with Gasteiger partial charge in [0.15, 0.2) is 5.11 Å². The lowest BCUT2D eigenvalue weighted by Gasteiger charge is -2.23.